The zero-order valence-corrected chi connectivity index (χ0v) is 13.1. The van der Waals surface area contributed by atoms with Crippen LogP contribution in [0.25, 0.3) is 10.9 Å². The van der Waals surface area contributed by atoms with E-state index in [4.69, 9.17) is 0 Å². The summed E-state index contributed by atoms with van der Waals surface area (Å²) < 4.78 is 13.5. The lowest BCUT2D eigenvalue weighted by Crippen LogP contribution is -2.12. The van der Waals surface area contributed by atoms with Crippen LogP contribution in [0.5, 0.6) is 0 Å². The summed E-state index contributed by atoms with van der Waals surface area (Å²) >= 11 is 1.34. The van der Waals surface area contributed by atoms with E-state index in [-0.39, 0.29) is 11.7 Å². The molecule has 3 rings (SSSR count). The number of halogens is 1. The Morgan fingerprint density at radius 2 is 1.96 bits per heavy atom. The van der Waals surface area contributed by atoms with Crippen molar-refractivity contribution < 1.29 is 9.18 Å². The maximum atomic E-state index is 13.5. The summed E-state index contributed by atoms with van der Waals surface area (Å²) in [4.78, 5) is 16.9. The summed E-state index contributed by atoms with van der Waals surface area (Å²) in [6.45, 7) is 0. The van der Waals surface area contributed by atoms with Crippen LogP contribution < -0.4 is 5.32 Å². The zero-order chi connectivity index (χ0) is 16.1. The fourth-order valence-electron chi connectivity index (χ4n) is 2.24. The van der Waals surface area contributed by atoms with Crippen LogP contribution in [0.15, 0.2) is 65.7 Å². The van der Waals surface area contributed by atoms with Crippen molar-refractivity contribution in [3.8, 4) is 0 Å². The van der Waals surface area contributed by atoms with Gasteiger partial charge in [0.1, 0.15) is 5.82 Å². The van der Waals surface area contributed by atoms with Gasteiger partial charge in [0.15, 0.2) is 0 Å². The minimum atomic E-state index is -0.252. The van der Waals surface area contributed by atoms with Crippen molar-refractivity contribution in [2.45, 2.75) is 11.3 Å². The number of anilines is 1. The van der Waals surface area contributed by atoms with Crippen LogP contribution in [-0.2, 0) is 4.79 Å². The number of amides is 1. The molecule has 0 radical (unpaired) electrons. The van der Waals surface area contributed by atoms with E-state index in [1.807, 2.05) is 30.3 Å². The molecule has 0 atom stereocenters. The molecule has 0 saturated heterocycles. The van der Waals surface area contributed by atoms with Crippen LogP contribution in [0, 0.1) is 5.82 Å². The number of aromatic nitrogens is 1. The minimum absolute atomic E-state index is 0.0924. The van der Waals surface area contributed by atoms with Crippen LogP contribution in [0.2, 0.25) is 0 Å². The Bertz CT molecular complexity index is 833. The van der Waals surface area contributed by atoms with E-state index in [1.165, 1.54) is 17.8 Å². The molecule has 1 N–H and O–H groups in total. The second-order valence-electron chi connectivity index (χ2n) is 4.95. The summed E-state index contributed by atoms with van der Waals surface area (Å²) in [6.07, 6.45) is 2.04. The lowest BCUT2D eigenvalue weighted by molar-refractivity contribution is -0.115. The Morgan fingerprint density at radius 1 is 1.09 bits per heavy atom. The third-order valence-electron chi connectivity index (χ3n) is 3.34. The number of pyridine rings is 1. The van der Waals surface area contributed by atoms with Gasteiger partial charge in [-0.15, -0.1) is 11.8 Å². The number of hydrogen-bond donors (Lipinski definition) is 1. The summed E-state index contributed by atoms with van der Waals surface area (Å²) in [7, 11) is 0. The van der Waals surface area contributed by atoms with E-state index in [1.54, 1.807) is 24.4 Å². The molecule has 1 aromatic heterocycles. The van der Waals surface area contributed by atoms with Crippen LogP contribution in [-0.4, -0.2) is 16.6 Å². The van der Waals surface area contributed by atoms with Crippen molar-refractivity contribution in [1.29, 1.82) is 0 Å². The fourth-order valence-corrected chi connectivity index (χ4v) is 3.13. The first-order chi connectivity index (χ1) is 11.2. The molecule has 0 unspecified atom stereocenters. The number of thioether (sulfide) groups is 1. The molecule has 116 valence electrons. The van der Waals surface area contributed by atoms with Gasteiger partial charge in [0.25, 0.3) is 0 Å². The Hall–Kier alpha value is -2.40. The Morgan fingerprint density at radius 3 is 2.83 bits per heavy atom. The summed E-state index contributed by atoms with van der Waals surface area (Å²) in [5, 5.41) is 3.81. The van der Waals surface area contributed by atoms with Gasteiger partial charge in [-0.3, -0.25) is 9.78 Å². The largest absolute Gasteiger partial charge is 0.325 e. The van der Waals surface area contributed by atoms with E-state index in [9.17, 15) is 9.18 Å². The predicted molar refractivity (Wildman–Crippen MR) is 92.1 cm³/mol. The molecule has 3 nitrogen and oxygen atoms in total. The number of benzene rings is 2. The SMILES string of the molecule is O=C(CCSc1ccccc1F)Nc1cccc2ncccc12. The number of nitrogens with one attached hydrogen (secondary N) is 1. The molecule has 23 heavy (non-hydrogen) atoms. The predicted octanol–water partition coefficient (Wildman–Crippen LogP) is 4.49. The topological polar surface area (TPSA) is 42.0 Å². The van der Waals surface area contributed by atoms with Crippen molar-refractivity contribution in [1.82, 2.24) is 4.98 Å². The molecule has 0 saturated carbocycles. The highest BCUT2D eigenvalue weighted by molar-refractivity contribution is 7.99. The van der Waals surface area contributed by atoms with Gasteiger partial charge >= 0.3 is 0 Å². The molecule has 1 heterocycles. The molecule has 5 heteroatoms. The molecule has 1 amide bonds. The first-order valence-electron chi connectivity index (χ1n) is 7.25. The van der Waals surface area contributed by atoms with Crippen molar-refractivity contribution in [3.05, 3.63) is 66.6 Å². The number of rotatable bonds is 5. The quantitative estimate of drug-likeness (QED) is 0.702. The first-order valence-corrected chi connectivity index (χ1v) is 8.23. The second-order valence-corrected chi connectivity index (χ2v) is 6.09. The van der Waals surface area contributed by atoms with Gasteiger partial charge in [-0.2, -0.15) is 0 Å². The maximum Gasteiger partial charge on any atom is 0.225 e. The molecule has 0 aliphatic rings. The van der Waals surface area contributed by atoms with Gasteiger partial charge in [0.05, 0.1) is 11.2 Å². The Kier molecular flexibility index (Phi) is 4.88. The molecule has 0 aliphatic carbocycles. The number of carbonyl (C=O) groups is 1. The van der Waals surface area contributed by atoms with E-state index in [0.717, 1.165) is 16.6 Å². The molecule has 0 spiro atoms. The minimum Gasteiger partial charge on any atom is -0.325 e. The van der Waals surface area contributed by atoms with Gasteiger partial charge in [-0.25, -0.2) is 4.39 Å². The Labute approximate surface area is 137 Å². The molecular weight excluding hydrogens is 311 g/mol. The summed E-state index contributed by atoms with van der Waals surface area (Å²) in [6, 6.07) is 16.0. The van der Waals surface area contributed by atoms with Gasteiger partial charge in [0, 0.05) is 28.7 Å². The molecule has 2 aromatic carbocycles. The van der Waals surface area contributed by atoms with Gasteiger partial charge in [-0.1, -0.05) is 18.2 Å². The molecule has 0 fully saturated rings. The van der Waals surface area contributed by atoms with Crippen LogP contribution in [0.1, 0.15) is 6.42 Å². The van der Waals surface area contributed by atoms with Crippen molar-refractivity contribution in [2.24, 2.45) is 0 Å². The van der Waals surface area contributed by atoms with E-state index < -0.39 is 0 Å². The van der Waals surface area contributed by atoms with Crippen molar-refractivity contribution in [3.63, 3.8) is 0 Å². The average Bonchev–Trinajstić information content (AvgIpc) is 2.57. The number of fused-ring (bicyclic) bond motifs is 1. The van der Waals surface area contributed by atoms with E-state index >= 15 is 0 Å². The Balaban J connectivity index is 1.60. The van der Waals surface area contributed by atoms with Crippen LogP contribution >= 0.6 is 11.8 Å². The average molecular weight is 326 g/mol. The summed E-state index contributed by atoms with van der Waals surface area (Å²) in [5.74, 6) is 0.179. The van der Waals surface area contributed by atoms with Crippen molar-refractivity contribution in [2.75, 3.05) is 11.1 Å². The number of hydrogen-bond acceptors (Lipinski definition) is 3. The number of carbonyl (C=O) groups excluding carboxylic acids is 1. The summed E-state index contributed by atoms with van der Waals surface area (Å²) in [5.41, 5.74) is 1.59. The normalized spacial score (nSPS) is 10.7. The van der Waals surface area contributed by atoms with E-state index in [2.05, 4.69) is 10.3 Å². The van der Waals surface area contributed by atoms with Crippen LogP contribution in [0.3, 0.4) is 0 Å². The highest BCUT2D eigenvalue weighted by Crippen LogP contribution is 2.23. The highest BCUT2D eigenvalue weighted by atomic mass is 32.2. The maximum absolute atomic E-state index is 13.5. The smallest absolute Gasteiger partial charge is 0.225 e. The van der Waals surface area contributed by atoms with E-state index in [0.29, 0.717) is 17.1 Å². The molecule has 0 bridgehead atoms. The standard InChI is InChI=1S/C18H15FN2OS/c19-14-6-1-2-9-17(14)23-12-10-18(22)21-16-8-3-7-15-13(16)5-4-11-20-15/h1-9,11H,10,12H2,(H,21,22). The highest BCUT2D eigenvalue weighted by Gasteiger charge is 2.07. The lowest BCUT2D eigenvalue weighted by Gasteiger charge is -2.08. The molecule has 3 aromatic rings. The van der Waals surface area contributed by atoms with Crippen LogP contribution in [0.4, 0.5) is 10.1 Å². The van der Waals surface area contributed by atoms with Gasteiger partial charge in [-0.05, 0) is 36.4 Å². The number of nitrogens with zero attached hydrogens (tertiary/aromatic N) is 1. The zero-order valence-electron chi connectivity index (χ0n) is 12.3. The fraction of sp³-hybridized carbons (Fsp3) is 0.111. The van der Waals surface area contributed by atoms with Gasteiger partial charge in [0.2, 0.25) is 5.91 Å². The third kappa shape index (κ3) is 3.87. The second kappa shape index (κ2) is 7.24. The lowest BCUT2D eigenvalue weighted by atomic mass is 10.2. The molecular formula is C18H15FN2OS. The monoisotopic (exact) mass is 326 g/mol. The first kappa shape index (κ1) is 15.5. The third-order valence-corrected chi connectivity index (χ3v) is 4.39. The van der Waals surface area contributed by atoms with Crippen molar-refractivity contribution >= 4 is 34.3 Å². The van der Waals surface area contributed by atoms with Gasteiger partial charge < -0.3 is 5.32 Å². The molecule has 0 aliphatic heterocycles.